The highest BCUT2D eigenvalue weighted by atomic mass is 35.5. The monoisotopic (exact) mass is 286 g/mol. The van der Waals surface area contributed by atoms with E-state index in [9.17, 15) is 18.3 Å². The fourth-order valence-corrected chi connectivity index (χ4v) is 1.93. The molecule has 5 heteroatoms. The molecule has 0 saturated carbocycles. The average molecular weight is 287 g/mol. The Balaban J connectivity index is 2.38. The molecule has 0 spiro atoms. The van der Waals surface area contributed by atoms with Crippen LogP contribution in [0.2, 0.25) is 5.02 Å². The van der Waals surface area contributed by atoms with Crippen LogP contribution in [-0.4, -0.2) is 5.11 Å². The molecule has 1 nitrogen and oxygen atoms in total. The Morgan fingerprint density at radius 2 is 1.68 bits per heavy atom. The molecule has 0 fully saturated rings. The van der Waals surface area contributed by atoms with Gasteiger partial charge in [0, 0.05) is 16.1 Å². The van der Waals surface area contributed by atoms with E-state index < -0.39 is 18.3 Å². The van der Waals surface area contributed by atoms with Gasteiger partial charge in [-0.1, -0.05) is 35.9 Å². The lowest BCUT2D eigenvalue weighted by Gasteiger charge is -2.13. The minimum absolute atomic E-state index is 0.00387. The summed E-state index contributed by atoms with van der Waals surface area (Å²) in [5.74, 6) is -0.678. The first-order valence-corrected chi connectivity index (χ1v) is 5.88. The van der Waals surface area contributed by atoms with Gasteiger partial charge in [-0.3, -0.25) is 0 Å². The fourth-order valence-electron chi connectivity index (χ4n) is 1.77. The highest BCUT2D eigenvalue weighted by Gasteiger charge is 2.17. The van der Waals surface area contributed by atoms with Gasteiger partial charge in [0.1, 0.15) is 11.9 Å². The van der Waals surface area contributed by atoms with Gasteiger partial charge in [0.2, 0.25) is 0 Å². The molecule has 0 aliphatic rings. The molecule has 0 radical (unpaired) electrons. The zero-order valence-corrected chi connectivity index (χ0v) is 10.4. The molecule has 2 aromatic carbocycles. The van der Waals surface area contributed by atoms with Crippen molar-refractivity contribution in [3.63, 3.8) is 0 Å². The Morgan fingerprint density at radius 3 is 2.32 bits per heavy atom. The zero-order chi connectivity index (χ0) is 14.0. The predicted octanol–water partition coefficient (Wildman–Crippen LogP) is 4.50. The maximum absolute atomic E-state index is 13.7. The molecule has 1 N–H and O–H groups in total. The van der Waals surface area contributed by atoms with Crippen LogP contribution < -0.4 is 0 Å². The summed E-state index contributed by atoms with van der Waals surface area (Å²) in [4.78, 5) is 0. The largest absolute Gasteiger partial charge is 0.384 e. The number of rotatable bonds is 3. The number of aliphatic hydroxyl groups excluding tert-OH is 1. The van der Waals surface area contributed by atoms with Gasteiger partial charge in [-0.15, -0.1) is 0 Å². The molecule has 19 heavy (non-hydrogen) atoms. The Bertz CT molecular complexity index is 587. The smallest absolute Gasteiger partial charge is 0.263 e. The zero-order valence-electron chi connectivity index (χ0n) is 9.66. The number of aliphatic hydroxyl groups is 1. The maximum atomic E-state index is 13.7. The number of benzene rings is 2. The first kappa shape index (κ1) is 13.9. The van der Waals surface area contributed by atoms with E-state index in [4.69, 9.17) is 11.6 Å². The van der Waals surface area contributed by atoms with Crippen molar-refractivity contribution in [2.75, 3.05) is 0 Å². The molecule has 0 bridgehead atoms. The molecule has 0 heterocycles. The minimum atomic E-state index is -2.64. The van der Waals surface area contributed by atoms with Crippen molar-refractivity contribution in [1.82, 2.24) is 0 Å². The molecule has 0 amide bonds. The first-order valence-electron chi connectivity index (χ1n) is 5.50. The lowest BCUT2D eigenvalue weighted by Crippen LogP contribution is -2.03. The predicted molar refractivity (Wildman–Crippen MR) is 66.9 cm³/mol. The summed E-state index contributed by atoms with van der Waals surface area (Å²) in [6.07, 6.45) is -3.95. The van der Waals surface area contributed by atoms with Crippen molar-refractivity contribution < 1.29 is 18.3 Å². The first-order chi connectivity index (χ1) is 8.99. The molecule has 1 atom stereocenters. The Kier molecular flexibility index (Phi) is 4.12. The molecule has 1 unspecified atom stereocenters. The molecular formula is C14H10ClF3O. The van der Waals surface area contributed by atoms with E-state index in [1.165, 1.54) is 30.3 Å². The number of hydrogen-bond donors (Lipinski definition) is 1. The van der Waals surface area contributed by atoms with E-state index in [-0.39, 0.29) is 21.7 Å². The van der Waals surface area contributed by atoms with Crippen LogP contribution in [0.15, 0.2) is 42.5 Å². The van der Waals surface area contributed by atoms with E-state index in [0.717, 1.165) is 12.1 Å². The lowest BCUT2D eigenvalue weighted by molar-refractivity contribution is 0.150. The third-order valence-electron chi connectivity index (χ3n) is 2.74. The van der Waals surface area contributed by atoms with Crippen LogP contribution >= 0.6 is 11.6 Å². The van der Waals surface area contributed by atoms with Crippen molar-refractivity contribution in [2.45, 2.75) is 12.5 Å². The molecule has 100 valence electrons. The Morgan fingerprint density at radius 1 is 1.00 bits per heavy atom. The van der Waals surface area contributed by atoms with Gasteiger partial charge in [0.25, 0.3) is 6.43 Å². The summed E-state index contributed by atoms with van der Waals surface area (Å²) >= 11 is 5.61. The van der Waals surface area contributed by atoms with Crippen LogP contribution in [0.1, 0.15) is 29.2 Å². The average Bonchev–Trinajstić information content (AvgIpc) is 2.38. The summed E-state index contributed by atoms with van der Waals surface area (Å²) in [6.45, 7) is 0. The highest BCUT2D eigenvalue weighted by molar-refractivity contribution is 6.30. The molecule has 0 aliphatic carbocycles. The van der Waals surface area contributed by atoms with Gasteiger partial charge < -0.3 is 5.11 Å². The van der Waals surface area contributed by atoms with Crippen molar-refractivity contribution >= 4 is 11.6 Å². The van der Waals surface area contributed by atoms with E-state index >= 15 is 0 Å². The summed E-state index contributed by atoms with van der Waals surface area (Å²) < 4.78 is 38.8. The summed E-state index contributed by atoms with van der Waals surface area (Å²) in [6, 6.07) is 9.09. The Labute approximate surface area is 113 Å². The molecule has 0 saturated heterocycles. The fraction of sp³-hybridized carbons (Fsp3) is 0.143. The van der Waals surface area contributed by atoms with Crippen LogP contribution in [-0.2, 0) is 0 Å². The third kappa shape index (κ3) is 3.08. The third-order valence-corrected chi connectivity index (χ3v) is 2.97. The standard InChI is InChI=1S/C14H10ClF3O/c15-10-4-5-11(12(16)7-10)13(19)8-2-1-3-9(6-8)14(17)18/h1-7,13-14,19H. The van der Waals surface area contributed by atoms with Gasteiger partial charge in [0.05, 0.1) is 0 Å². The van der Waals surface area contributed by atoms with E-state index in [1.54, 1.807) is 0 Å². The summed E-state index contributed by atoms with van der Waals surface area (Å²) in [7, 11) is 0. The van der Waals surface area contributed by atoms with Gasteiger partial charge in [-0.25, -0.2) is 13.2 Å². The molecule has 2 aromatic rings. The molecule has 0 aromatic heterocycles. The quantitative estimate of drug-likeness (QED) is 0.881. The van der Waals surface area contributed by atoms with E-state index in [2.05, 4.69) is 0 Å². The van der Waals surface area contributed by atoms with Gasteiger partial charge in [0.15, 0.2) is 0 Å². The molecule has 0 aliphatic heterocycles. The second kappa shape index (κ2) is 5.63. The summed E-state index contributed by atoms with van der Waals surface area (Å²) in [5.41, 5.74) is -0.0132. The van der Waals surface area contributed by atoms with Gasteiger partial charge in [-0.2, -0.15) is 0 Å². The number of hydrogen-bond acceptors (Lipinski definition) is 1. The van der Waals surface area contributed by atoms with Gasteiger partial charge in [-0.05, 0) is 23.8 Å². The van der Waals surface area contributed by atoms with Crippen LogP contribution in [0.25, 0.3) is 0 Å². The normalized spacial score (nSPS) is 12.7. The van der Waals surface area contributed by atoms with Gasteiger partial charge >= 0.3 is 0 Å². The van der Waals surface area contributed by atoms with Crippen LogP contribution in [0.5, 0.6) is 0 Å². The number of alkyl halides is 2. The summed E-state index contributed by atoms with van der Waals surface area (Å²) in [5, 5.41) is 10.2. The van der Waals surface area contributed by atoms with E-state index in [0.29, 0.717) is 0 Å². The lowest BCUT2D eigenvalue weighted by atomic mass is 9.99. The maximum Gasteiger partial charge on any atom is 0.263 e. The number of halogens is 4. The van der Waals surface area contributed by atoms with E-state index in [1.807, 2.05) is 0 Å². The van der Waals surface area contributed by atoms with Crippen LogP contribution in [0.4, 0.5) is 13.2 Å². The molecular weight excluding hydrogens is 277 g/mol. The second-order valence-corrected chi connectivity index (χ2v) is 4.48. The molecule has 2 rings (SSSR count). The Hall–Kier alpha value is -1.52. The van der Waals surface area contributed by atoms with Crippen LogP contribution in [0.3, 0.4) is 0 Å². The van der Waals surface area contributed by atoms with Crippen LogP contribution in [0, 0.1) is 5.82 Å². The van der Waals surface area contributed by atoms with Crippen molar-refractivity contribution in [1.29, 1.82) is 0 Å². The highest BCUT2D eigenvalue weighted by Crippen LogP contribution is 2.28. The second-order valence-electron chi connectivity index (χ2n) is 4.04. The van der Waals surface area contributed by atoms with Crippen molar-refractivity contribution in [2.24, 2.45) is 0 Å². The minimum Gasteiger partial charge on any atom is -0.384 e. The SMILES string of the molecule is OC(c1cccc(C(F)F)c1)c1ccc(Cl)cc1F. The van der Waals surface area contributed by atoms with Crippen molar-refractivity contribution in [3.8, 4) is 0 Å². The topological polar surface area (TPSA) is 20.2 Å². The van der Waals surface area contributed by atoms with Crippen molar-refractivity contribution in [3.05, 3.63) is 70.0 Å².